The van der Waals surface area contributed by atoms with Crippen LogP contribution in [0.3, 0.4) is 0 Å². The second-order valence-corrected chi connectivity index (χ2v) is 10.3. The summed E-state index contributed by atoms with van der Waals surface area (Å²) in [5.41, 5.74) is 1.12. The molecular weight excluding hydrogens is 466 g/mol. The maximum Gasteiger partial charge on any atom is 0.326 e. The van der Waals surface area contributed by atoms with Crippen molar-refractivity contribution in [2.75, 3.05) is 16.8 Å². The molecule has 4 rings (SSSR count). The van der Waals surface area contributed by atoms with Crippen LogP contribution in [0.4, 0.5) is 5.82 Å². The predicted molar refractivity (Wildman–Crippen MR) is 126 cm³/mol. The van der Waals surface area contributed by atoms with Crippen molar-refractivity contribution in [3.05, 3.63) is 81.7 Å². The fourth-order valence-electron chi connectivity index (χ4n) is 3.67. The van der Waals surface area contributed by atoms with Crippen molar-refractivity contribution in [2.24, 2.45) is 0 Å². The van der Waals surface area contributed by atoms with Crippen LogP contribution in [-0.4, -0.2) is 41.5 Å². The maximum absolute atomic E-state index is 13.3. The van der Waals surface area contributed by atoms with Crippen LogP contribution in [0, 0.1) is 0 Å². The van der Waals surface area contributed by atoms with E-state index in [0.29, 0.717) is 12.0 Å². The molecular formula is C23H22ClN3O5S. The van der Waals surface area contributed by atoms with Crippen LogP contribution in [0.25, 0.3) is 11.3 Å². The first-order chi connectivity index (χ1) is 15.8. The van der Waals surface area contributed by atoms with Gasteiger partial charge in [0.25, 0.3) is 5.56 Å². The predicted octanol–water partition coefficient (Wildman–Crippen LogP) is 2.91. The van der Waals surface area contributed by atoms with Crippen LogP contribution in [0.2, 0.25) is 5.15 Å². The van der Waals surface area contributed by atoms with Gasteiger partial charge in [-0.05, 0) is 12.0 Å². The van der Waals surface area contributed by atoms with E-state index >= 15 is 0 Å². The molecule has 3 aromatic rings. The normalized spacial score (nSPS) is 16.9. The molecule has 10 heteroatoms. The highest BCUT2D eigenvalue weighted by Crippen LogP contribution is 2.27. The van der Waals surface area contributed by atoms with Gasteiger partial charge in [0.2, 0.25) is 0 Å². The summed E-state index contributed by atoms with van der Waals surface area (Å²) in [5.74, 6) is -0.765. The summed E-state index contributed by atoms with van der Waals surface area (Å²) in [6.45, 7) is -0.311. The molecule has 0 amide bonds. The lowest BCUT2D eigenvalue weighted by atomic mass is 10.1. The topological polar surface area (TPSA) is 107 Å². The maximum atomic E-state index is 13.3. The van der Waals surface area contributed by atoms with Crippen molar-refractivity contribution >= 4 is 33.2 Å². The minimum atomic E-state index is -3.16. The molecule has 0 bridgehead atoms. The molecule has 1 fully saturated rings. The number of nitrogens with zero attached hydrogens (tertiary/aromatic N) is 2. The van der Waals surface area contributed by atoms with Crippen molar-refractivity contribution in [1.82, 2.24) is 9.55 Å². The van der Waals surface area contributed by atoms with E-state index in [0.717, 1.165) is 5.56 Å². The summed E-state index contributed by atoms with van der Waals surface area (Å²) in [6.07, 6.45) is 0.362. The Labute approximate surface area is 196 Å². The first kappa shape index (κ1) is 23.0. The van der Waals surface area contributed by atoms with Gasteiger partial charge >= 0.3 is 5.97 Å². The average molecular weight is 488 g/mol. The van der Waals surface area contributed by atoms with E-state index < -0.39 is 27.4 Å². The van der Waals surface area contributed by atoms with Crippen molar-refractivity contribution in [2.45, 2.75) is 25.6 Å². The Morgan fingerprint density at radius 1 is 1.12 bits per heavy atom. The zero-order valence-electron chi connectivity index (χ0n) is 17.6. The number of ether oxygens (including phenoxy) is 1. The van der Waals surface area contributed by atoms with E-state index in [2.05, 4.69) is 10.3 Å². The molecule has 0 spiro atoms. The van der Waals surface area contributed by atoms with Gasteiger partial charge in [0, 0.05) is 11.6 Å². The number of hydrogen-bond donors (Lipinski definition) is 1. The van der Waals surface area contributed by atoms with Crippen LogP contribution in [0.1, 0.15) is 12.0 Å². The molecule has 1 aliphatic heterocycles. The number of anilines is 1. The number of halogens is 1. The molecule has 1 saturated heterocycles. The summed E-state index contributed by atoms with van der Waals surface area (Å²) in [6, 6.07) is 17.6. The number of carbonyl (C=O) groups excluding carboxylic acids is 1. The Morgan fingerprint density at radius 3 is 2.42 bits per heavy atom. The van der Waals surface area contributed by atoms with Gasteiger partial charge in [0.05, 0.1) is 17.2 Å². The van der Waals surface area contributed by atoms with Crippen molar-refractivity contribution < 1.29 is 17.9 Å². The smallest absolute Gasteiger partial charge is 0.326 e. The summed E-state index contributed by atoms with van der Waals surface area (Å²) in [5, 5.41) is 2.91. The van der Waals surface area contributed by atoms with E-state index in [1.54, 1.807) is 24.3 Å². The molecule has 1 atom stereocenters. The van der Waals surface area contributed by atoms with Gasteiger partial charge in [0.15, 0.2) is 20.8 Å². The SMILES string of the molecule is O=C(Cn1c(-c2ccccc2)c(Cl)nc(NC2CCS(=O)(=O)C2)c1=O)OCc1ccccc1. The Hall–Kier alpha value is -3.17. The highest BCUT2D eigenvalue weighted by Gasteiger charge is 2.29. The van der Waals surface area contributed by atoms with Gasteiger partial charge in [-0.2, -0.15) is 0 Å². The highest BCUT2D eigenvalue weighted by atomic mass is 35.5. The third kappa shape index (κ3) is 5.61. The lowest BCUT2D eigenvalue weighted by Gasteiger charge is -2.18. The lowest BCUT2D eigenvalue weighted by molar-refractivity contribution is -0.145. The van der Waals surface area contributed by atoms with Crippen LogP contribution >= 0.6 is 11.6 Å². The number of rotatable bonds is 7. The fraction of sp³-hybridized carbons (Fsp3) is 0.261. The second-order valence-electron chi connectivity index (χ2n) is 7.75. The Kier molecular flexibility index (Phi) is 6.80. The summed E-state index contributed by atoms with van der Waals surface area (Å²) >= 11 is 6.46. The number of nitrogens with one attached hydrogen (secondary N) is 1. The summed E-state index contributed by atoms with van der Waals surface area (Å²) in [4.78, 5) is 30.1. The van der Waals surface area contributed by atoms with Gasteiger partial charge in [-0.15, -0.1) is 0 Å². The number of aromatic nitrogens is 2. The van der Waals surface area contributed by atoms with E-state index in [-0.39, 0.29) is 41.3 Å². The lowest BCUT2D eigenvalue weighted by Crippen LogP contribution is -2.33. The third-order valence-electron chi connectivity index (χ3n) is 5.27. The number of sulfone groups is 1. The second kappa shape index (κ2) is 9.76. The van der Waals surface area contributed by atoms with Gasteiger partial charge < -0.3 is 10.1 Å². The monoisotopic (exact) mass is 487 g/mol. The highest BCUT2D eigenvalue weighted by molar-refractivity contribution is 7.91. The fourth-order valence-corrected chi connectivity index (χ4v) is 5.64. The third-order valence-corrected chi connectivity index (χ3v) is 7.30. The van der Waals surface area contributed by atoms with Gasteiger partial charge in [-0.3, -0.25) is 14.2 Å². The molecule has 33 heavy (non-hydrogen) atoms. The van der Waals surface area contributed by atoms with Crippen LogP contribution in [-0.2, 0) is 32.5 Å². The molecule has 172 valence electrons. The first-order valence-corrected chi connectivity index (χ1v) is 12.5. The van der Waals surface area contributed by atoms with E-state index in [1.807, 2.05) is 36.4 Å². The number of hydrogen-bond acceptors (Lipinski definition) is 7. The van der Waals surface area contributed by atoms with Gasteiger partial charge in [-0.25, -0.2) is 13.4 Å². The largest absolute Gasteiger partial charge is 0.459 e. The molecule has 0 aliphatic carbocycles. The molecule has 1 aromatic heterocycles. The molecule has 8 nitrogen and oxygen atoms in total. The molecule has 2 heterocycles. The first-order valence-electron chi connectivity index (χ1n) is 10.3. The average Bonchev–Trinajstić information content (AvgIpc) is 3.15. The van der Waals surface area contributed by atoms with Crippen molar-refractivity contribution in [3.63, 3.8) is 0 Å². The summed E-state index contributed by atoms with van der Waals surface area (Å²) < 4.78 is 30.2. The van der Waals surface area contributed by atoms with Crippen molar-refractivity contribution in [1.29, 1.82) is 0 Å². The number of benzene rings is 2. The molecule has 0 saturated carbocycles. The van der Waals surface area contributed by atoms with Gasteiger partial charge in [0.1, 0.15) is 13.2 Å². The minimum Gasteiger partial charge on any atom is -0.459 e. The minimum absolute atomic E-state index is 0.0139. The molecule has 1 N–H and O–H groups in total. The van der Waals surface area contributed by atoms with Crippen LogP contribution < -0.4 is 10.9 Å². The van der Waals surface area contributed by atoms with Gasteiger partial charge in [-0.1, -0.05) is 72.3 Å². The quantitative estimate of drug-likeness (QED) is 0.510. The van der Waals surface area contributed by atoms with E-state index in [9.17, 15) is 18.0 Å². The molecule has 2 aromatic carbocycles. The number of carbonyl (C=O) groups is 1. The zero-order valence-corrected chi connectivity index (χ0v) is 19.2. The Bertz CT molecular complexity index is 1310. The Morgan fingerprint density at radius 2 is 1.79 bits per heavy atom. The van der Waals surface area contributed by atoms with Crippen molar-refractivity contribution in [3.8, 4) is 11.3 Å². The summed E-state index contributed by atoms with van der Waals surface area (Å²) in [7, 11) is -3.16. The standard InChI is InChI=1S/C23H22ClN3O5S/c24-21-20(17-9-5-2-6-10-17)27(13-19(28)32-14-16-7-3-1-4-8-16)23(29)22(26-21)25-18-11-12-33(30,31)15-18/h1-10,18H,11-15H2,(H,25,26). The van der Waals surface area contributed by atoms with E-state index in [1.165, 1.54) is 4.57 Å². The van der Waals surface area contributed by atoms with Crippen LogP contribution in [0.5, 0.6) is 0 Å². The number of esters is 1. The molecule has 1 unspecified atom stereocenters. The van der Waals surface area contributed by atoms with E-state index in [4.69, 9.17) is 16.3 Å². The van der Waals surface area contributed by atoms with Crippen LogP contribution in [0.15, 0.2) is 65.5 Å². The molecule has 1 aliphatic rings. The Balaban J connectivity index is 1.65. The molecule has 0 radical (unpaired) electrons. The zero-order chi connectivity index (χ0) is 23.4.